The predicted molar refractivity (Wildman–Crippen MR) is 60.0 cm³/mol. The second-order valence-electron chi connectivity index (χ2n) is 3.10. The van der Waals surface area contributed by atoms with E-state index in [1.807, 2.05) is 0 Å². The van der Waals surface area contributed by atoms with E-state index in [4.69, 9.17) is 5.73 Å². The third-order valence-corrected chi connectivity index (χ3v) is 2.56. The van der Waals surface area contributed by atoms with Crippen LogP contribution in [0.5, 0.6) is 0 Å². The minimum absolute atomic E-state index is 0.143. The SMILES string of the molecule is CCC(CC)(C(=O)NC(N)=S)C(=O)OC. The highest BCUT2D eigenvalue weighted by molar-refractivity contribution is 7.80. The third kappa shape index (κ3) is 2.89. The summed E-state index contributed by atoms with van der Waals surface area (Å²) in [6, 6.07) is 0. The van der Waals surface area contributed by atoms with Crippen molar-refractivity contribution in [2.24, 2.45) is 11.1 Å². The summed E-state index contributed by atoms with van der Waals surface area (Å²) in [5.41, 5.74) is 3.99. The summed E-state index contributed by atoms with van der Waals surface area (Å²) in [7, 11) is 1.25. The Morgan fingerprint density at radius 2 is 1.87 bits per heavy atom. The third-order valence-electron chi connectivity index (χ3n) is 2.45. The average Bonchev–Trinajstić information content (AvgIpc) is 2.19. The predicted octanol–water partition coefficient (Wildman–Crippen LogP) is 0.326. The van der Waals surface area contributed by atoms with Crippen LogP contribution in [0.15, 0.2) is 0 Å². The van der Waals surface area contributed by atoms with Crippen LogP contribution in [-0.4, -0.2) is 24.1 Å². The molecule has 5 nitrogen and oxygen atoms in total. The number of hydrogen-bond donors (Lipinski definition) is 2. The number of rotatable bonds is 4. The molecule has 0 aliphatic rings. The molecule has 0 aliphatic carbocycles. The van der Waals surface area contributed by atoms with E-state index in [0.29, 0.717) is 12.8 Å². The fraction of sp³-hybridized carbons (Fsp3) is 0.667. The summed E-state index contributed by atoms with van der Waals surface area (Å²) in [5, 5.41) is 2.13. The summed E-state index contributed by atoms with van der Waals surface area (Å²) < 4.78 is 4.62. The lowest BCUT2D eigenvalue weighted by atomic mass is 9.81. The summed E-state index contributed by atoms with van der Waals surface area (Å²) in [6.45, 7) is 3.47. The quantitative estimate of drug-likeness (QED) is 0.414. The highest BCUT2D eigenvalue weighted by atomic mass is 32.1. The number of carbonyl (C=O) groups is 2. The van der Waals surface area contributed by atoms with Crippen LogP contribution in [-0.2, 0) is 14.3 Å². The van der Waals surface area contributed by atoms with Crippen molar-refractivity contribution < 1.29 is 14.3 Å². The van der Waals surface area contributed by atoms with Crippen molar-refractivity contribution in [2.45, 2.75) is 26.7 Å². The molecule has 0 saturated heterocycles. The number of ether oxygens (including phenoxy) is 1. The van der Waals surface area contributed by atoms with Gasteiger partial charge in [-0.05, 0) is 25.1 Å². The van der Waals surface area contributed by atoms with Crippen molar-refractivity contribution in [1.82, 2.24) is 5.32 Å². The molecule has 0 aliphatic heterocycles. The molecule has 86 valence electrons. The van der Waals surface area contributed by atoms with Gasteiger partial charge in [0.05, 0.1) is 7.11 Å². The van der Waals surface area contributed by atoms with Crippen LogP contribution in [0, 0.1) is 5.41 Å². The molecule has 0 heterocycles. The van der Waals surface area contributed by atoms with Crippen molar-refractivity contribution in [2.75, 3.05) is 7.11 Å². The van der Waals surface area contributed by atoms with E-state index in [1.165, 1.54) is 7.11 Å². The molecule has 0 aromatic rings. The number of thiocarbonyl (C=S) groups is 1. The van der Waals surface area contributed by atoms with E-state index >= 15 is 0 Å². The average molecular weight is 232 g/mol. The number of nitrogens with two attached hydrogens (primary N) is 1. The molecule has 0 rings (SSSR count). The van der Waals surface area contributed by atoms with Gasteiger partial charge < -0.3 is 15.8 Å². The molecule has 1 amide bonds. The van der Waals surface area contributed by atoms with Crippen molar-refractivity contribution in [3.05, 3.63) is 0 Å². The molecule has 0 unspecified atom stereocenters. The fourth-order valence-corrected chi connectivity index (χ4v) is 1.47. The molecule has 3 N–H and O–H groups in total. The molecule has 0 saturated carbocycles. The zero-order chi connectivity index (χ0) is 12.1. The van der Waals surface area contributed by atoms with Crippen molar-refractivity contribution >= 4 is 29.2 Å². The lowest BCUT2D eigenvalue weighted by molar-refractivity contribution is -0.159. The van der Waals surface area contributed by atoms with Gasteiger partial charge in [-0.1, -0.05) is 13.8 Å². The molecule has 0 bridgehead atoms. The van der Waals surface area contributed by atoms with Gasteiger partial charge in [-0.25, -0.2) is 0 Å². The number of hydrogen-bond acceptors (Lipinski definition) is 4. The van der Waals surface area contributed by atoms with Crippen LogP contribution in [0.25, 0.3) is 0 Å². The van der Waals surface area contributed by atoms with Crippen LogP contribution in [0.3, 0.4) is 0 Å². The molecule has 0 atom stereocenters. The van der Waals surface area contributed by atoms with Gasteiger partial charge in [0.15, 0.2) is 5.11 Å². The number of methoxy groups -OCH3 is 1. The van der Waals surface area contributed by atoms with Crippen LogP contribution < -0.4 is 11.1 Å². The smallest absolute Gasteiger partial charge is 0.321 e. The zero-order valence-electron chi connectivity index (χ0n) is 9.12. The van der Waals surface area contributed by atoms with Crippen molar-refractivity contribution in [1.29, 1.82) is 0 Å². The zero-order valence-corrected chi connectivity index (χ0v) is 9.94. The first-order valence-corrected chi connectivity index (χ1v) is 5.04. The maximum absolute atomic E-state index is 11.8. The van der Waals surface area contributed by atoms with E-state index in [2.05, 4.69) is 22.3 Å². The number of esters is 1. The van der Waals surface area contributed by atoms with Gasteiger partial charge in [0.2, 0.25) is 5.91 Å². The molecule has 0 radical (unpaired) electrons. The van der Waals surface area contributed by atoms with Crippen LogP contribution in [0.2, 0.25) is 0 Å². The van der Waals surface area contributed by atoms with Gasteiger partial charge in [-0.3, -0.25) is 9.59 Å². The first-order valence-electron chi connectivity index (χ1n) is 4.63. The van der Waals surface area contributed by atoms with Gasteiger partial charge in [0.1, 0.15) is 5.41 Å². The van der Waals surface area contributed by atoms with E-state index in [9.17, 15) is 9.59 Å². The molecule has 0 spiro atoms. The topological polar surface area (TPSA) is 81.4 Å². The van der Waals surface area contributed by atoms with E-state index in [0.717, 1.165) is 0 Å². The Morgan fingerprint density at radius 1 is 1.40 bits per heavy atom. The Morgan fingerprint density at radius 3 is 2.13 bits per heavy atom. The summed E-state index contributed by atoms with van der Waals surface area (Å²) in [5.74, 6) is -1.08. The Hall–Kier alpha value is -1.17. The van der Waals surface area contributed by atoms with Crippen LogP contribution in [0.4, 0.5) is 0 Å². The Balaban J connectivity index is 5.00. The number of carbonyl (C=O) groups excluding carboxylic acids is 2. The van der Waals surface area contributed by atoms with Gasteiger partial charge in [0.25, 0.3) is 0 Å². The summed E-state index contributed by atoms with van der Waals surface area (Å²) in [4.78, 5) is 23.3. The molecule has 15 heavy (non-hydrogen) atoms. The van der Waals surface area contributed by atoms with Crippen molar-refractivity contribution in [3.8, 4) is 0 Å². The van der Waals surface area contributed by atoms with Gasteiger partial charge in [-0.15, -0.1) is 0 Å². The Bertz CT molecular complexity index is 275. The largest absolute Gasteiger partial charge is 0.468 e. The van der Waals surface area contributed by atoms with Crippen LogP contribution in [0.1, 0.15) is 26.7 Å². The fourth-order valence-electron chi connectivity index (χ4n) is 1.38. The molecule has 0 aromatic heterocycles. The maximum Gasteiger partial charge on any atom is 0.321 e. The van der Waals surface area contributed by atoms with Gasteiger partial charge >= 0.3 is 5.97 Å². The van der Waals surface area contributed by atoms with E-state index in [1.54, 1.807) is 13.8 Å². The van der Waals surface area contributed by atoms with Gasteiger partial charge in [0, 0.05) is 0 Å². The second kappa shape index (κ2) is 5.65. The summed E-state index contributed by atoms with van der Waals surface area (Å²) in [6.07, 6.45) is 0.676. The molecular weight excluding hydrogens is 216 g/mol. The highest BCUT2D eigenvalue weighted by Gasteiger charge is 2.43. The first kappa shape index (κ1) is 13.8. The highest BCUT2D eigenvalue weighted by Crippen LogP contribution is 2.28. The summed E-state index contributed by atoms with van der Waals surface area (Å²) >= 11 is 4.55. The van der Waals surface area contributed by atoms with E-state index < -0.39 is 17.3 Å². The molecule has 0 aromatic carbocycles. The standard InChI is InChI=1S/C9H16N2O3S/c1-4-9(5-2,7(13)14-3)6(12)11-8(10)15/h4-5H2,1-3H3,(H3,10,11,12,15). The number of amides is 1. The second-order valence-corrected chi connectivity index (χ2v) is 3.54. The minimum atomic E-state index is -1.20. The monoisotopic (exact) mass is 232 g/mol. The molecule has 0 fully saturated rings. The minimum Gasteiger partial charge on any atom is -0.468 e. The van der Waals surface area contributed by atoms with Crippen molar-refractivity contribution in [3.63, 3.8) is 0 Å². The lowest BCUT2D eigenvalue weighted by Gasteiger charge is -2.26. The Labute approximate surface area is 94.3 Å². The molecular formula is C9H16N2O3S. The normalized spacial score (nSPS) is 10.6. The number of nitrogens with one attached hydrogen (secondary N) is 1. The molecule has 6 heteroatoms. The lowest BCUT2D eigenvalue weighted by Crippen LogP contribution is -2.49. The van der Waals surface area contributed by atoms with E-state index in [-0.39, 0.29) is 5.11 Å². The Kier molecular flexibility index (Phi) is 5.21. The van der Waals surface area contributed by atoms with Gasteiger partial charge in [-0.2, -0.15) is 0 Å². The first-order chi connectivity index (χ1) is 6.94. The van der Waals surface area contributed by atoms with Crippen LogP contribution >= 0.6 is 12.2 Å². The maximum atomic E-state index is 11.8.